The zero-order valence-corrected chi connectivity index (χ0v) is 14.3. The lowest BCUT2D eigenvalue weighted by molar-refractivity contribution is -0.115. The molecule has 1 aromatic heterocycles. The summed E-state index contributed by atoms with van der Waals surface area (Å²) in [5.74, 6) is 1.31. The standard InChI is InChI=1S/C17H18N4O2S/c1-11-13-6-4-3-5-12(13)7-8-14(11)23-9-16-19-20-17(21(16)2)24-10-15(18)22/h3-8H,9-10H2,1-2H3,(H2,18,22). The van der Waals surface area contributed by atoms with Gasteiger partial charge in [0.2, 0.25) is 5.91 Å². The molecule has 0 aliphatic rings. The summed E-state index contributed by atoms with van der Waals surface area (Å²) in [6.45, 7) is 2.35. The topological polar surface area (TPSA) is 83.0 Å². The van der Waals surface area contributed by atoms with Crippen molar-refractivity contribution >= 4 is 28.4 Å². The van der Waals surface area contributed by atoms with E-state index in [0.717, 1.165) is 11.3 Å². The van der Waals surface area contributed by atoms with Crippen LogP contribution in [0.25, 0.3) is 10.8 Å². The number of nitrogens with zero attached hydrogens (tertiary/aromatic N) is 3. The minimum atomic E-state index is -0.382. The van der Waals surface area contributed by atoms with E-state index in [1.165, 1.54) is 22.5 Å². The highest BCUT2D eigenvalue weighted by molar-refractivity contribution is 7.99. The number of amides is 1. The van der Waals surface area contributed by atoms with Crippen LogP contribution < -0.4 is 10.5 Å². The molecule has 3 aromatic rings. The number of aryl methyl sites for hydroxylation is 1. The normalized spacial score (nSPS) is 10.9. The number of nitrogens with two attached hydrogens (primary N) is 1. The maximum atomic E-state index is 10.9. The fraction of sp³-hybridized carbons (Fsp3) is 0.235. The fourth-order valence-corrected chi connectivity index (χ4v) is 3.11. The van der Waals surface area contributed by atoms with Gasteiger partial charge in [0.1, 0.15) is 12.4 Å². The Morgan fingerprint density at radius 1 is 1.25 bits per heavy atom. The molecule has 0 unspecified atom stereocenters. The minimum Gasteiger partial charge on any atom is -0.485 e. The van der Waals surface area contributed by atoms with Crippen LogP contribution in [0.3, 0.4) is 0 Å². The second-order valence-electron chi connectivity index (χ2n) is 5.41. The number of primary amides is 1. The Morgan fingerprint density at radius 2 is 2.04 bits per heavy atom. The van der Waals surface area contributed by atoms with Gasteiger partial charge >= 0.3 is 0 Å². The van der Waals surface area contributed by atoms with Gasteiger partial charge in [0.05, 0.1) is 5.75 Å². The molecule has 24 heavy (non-hydrogen) atoms. The molecule has 0 aliphatic carbocycles. The van der Waals surface area contributed by atoms with E-state index in [1.54, 1.807) is 0 Å². The van der Waals surface area contributed by atoms with Crippen LogP contribution >= 0.6 is 11.8 Å². The van der Waals surface area contributed by atoms with Crippen molar-refractivity contribution < 1.29 is 9.53 Å². The van der Waals surface area contributed by atoms with Gasteiger partial charge in [-0.1, -0.05) is 42.1 Å². The fourth-order valence-electron chi connectivity index (χ4n) is 2.44. The van der Waals surface area contributed by atoms with Crippen LogP contribution in [0.1, 0.15) is 11.4 Å². The van der Waals surface area contributed by atoms with Gasteiger partial charge in [0.15, 0.2) is 11.0 Å². The van der Waals surface area contributed by atoms with Crippen molar-refractivity contribution in [1.29, 1.82) is 0 Å². The van der Waals surface area contributed by atoms with Crippen molar-refractivity contribution in [1.82, 2.24) is 14.8 Å². The first-order chi connectivity index (χ1) is 11.6. The maximum absolute atomic E-state index is 10.9. The number of fused-ring (bicyclic) bond motifs is 1. The molecule has 0 aliphatic heterocycles. The largest absolute Gasteiger partial charge is 0.485 e. The van der Waals surface area contributed by atoms with E-state index < -0.39 is 0 Å². The summed E-state index contributed by atoms with van der Waals surface area (Å²) in [7, 11) is 1.84. The number of benzene rings is 2. The van der Waals surface area contributed by atoms with Crippen LogP contribution in [-0.2, 0) is 18.4 Å². The molecule has 1 amide bonds. The van der Waals surface area contributed by atoms with Crippen molar-refractivity contribution in [2.24, 2.45) is 12.8 Å². The zero-order chi connectivity index (χ0) is 17.1. The van der Waals surface area contributed by atoms with Gasteiger partial charge in [-0.25, -0.2) is 0 Å². The highest BCUT2D eigenvalue weighted by Crippen LogP contribution is 2.27. The molecule has 0 radical (unpaired) electrons. The van der Waals surface area contributed by atoms with Crippen molar-refractivity contribution in [2.45, 2.75) is 18.7 Å². The molecular weight excluding hydrogens is 324 g/mol. The van der Waals surface area contributed by atoms with Crippen LogP contribution in [-0.4, -0.2) is 26.4 Å². The Bertz CT molecular complexity index is 891. The number of hydrogen-bond acceptors (Lipinski definition) is 5. The van der Waals surface area contributed by atoms with Crippen LogP contribution in [0.2, 0.25) is 0 Å². The first-order valence-electron chi connectivity index (χ1n) is 7.47. The lowest BCUT2D eigenvalue weighted by atomic mass is 10.0. The quantitative estimate of drug-likeness (QED) is 0.696. The van der Waals surface area contributed by atoms with E-state index in [4.69, 9.17) is 10.5 Å². The predicted octanol–water partition coefficient (Wildman–Crippen LogP) is 2.43. The summed E-state index contributed by atoms with van der Waals surface area (Å²) in [5.41, 5.74) is 6.25. The SMILES string of the molecule is Cc1c(OCc2nnc(SCC(N)=O)n2C)ccc2ccccc12. The van der Waals surface area contributed by atoms with Crippen molar-refractivity contribution in [2.75, 3.05) is 5.75 Å². The molecule has 6 nitrogen and oxygen atoms in total. The second-order valence-corrected chi connectivity index (χ2v) is 6.35. The summed E-state index contributed by atoms with van der Waals surface area (Å²) < 4.78 is 7.74. The number of aromatic nitrogens is 3. The van der Waals surface area contributed by atoms with Crippen LogP contribution in [0, 0.1) is 6.92 Å². The molecule has 0 saturated carbocycles. The third-order valence-corrected chi connectivity index (χ3v) is 4.82. The number of thioether (sulfide) groups is 1. The molecular formula is C17H18N4O2S. The van der Waals surface area contributed by atoms with Gasteiger partial charge in [-0.2, -0.15) is 0 Å². The van der Waals surface area contributed by atoms with E-state index in [0.29, 0.717) is 17.6 Å². The van der Waals surface area contributed by atoms with Gasteiger partial charge in [-0.3, -0.25) is 4.79 Å². The lowest BCUT2D eigenvalue weighted by Crippen LogP contribution is -2.13. The van der Waals surface area contributed by atoms with E-state index in [-0.39, 0.29) is 11.7 Å². The molecule has 7 heteroatoms. The second kappa shape index (κ2) is 6.92. The summed E-state index contributed by atoms with van der Waals surface area (Å²) >= 11 is 1.26. The summed E-state index contributed by atoms with van der Waals surface area (Å²) in [4.78, 5) is 10.9. The average Bonchev–Trinajstić information content (AvgIpc) is 2.93. The smallest absolute Gasteiger partial charge is 0.227 e. The summed E-state index contributed by atoms with van der Waals surface area (Å²) in [6, 6.07) is 12.2. The van der Waals surface area contributed by atoms with E-state index in [9.17, 15) is 4.79 Å². The molecule has 0 spiro atoms. The van der Waals surface area contributed by atoms with Crippen molar-refractivity contribution in [3.63, 3.8) is 0 Å². The number of rotatable bonds is 6. The Hall–Kier alpha value is -2.54. The first-order valence-corrected chi connectivity index (χ1v) is 8.45. The minimum absolute atomic E-state index is 0.177. The Morgan fingerprint density at radius 3 is 2.83 bits per heavy atom. The predicted molar refractivity (Wildman–Crippen MR) is 93.9 cm³/mol. The van der Waals surface area contributed by atoms with Crippen LogP contribution in [0.4, 0.5) is 0 Å². The van der Waals surface area contributed by atoms with Gasteiger partial charge in [-0.05, 0) is 29.3 Å². The number of carbonyl (C=O) groups is 1. The first kappa shape index (κ1) is 16.3. The van der Waals surface area contributed by atoms with E-state index in [2.05, 4.69) is 22.3 Å². The molecule has 0 bridgehead atoms. The van der Waals surface area contributed by atoms with Crippen LogP contribution in [0.5, 0.6) is 5.75 Å². The Kier molecular flexibility index (Phi) is 4.71. The molecule has 2 N–H and O–H groups in total. The Balaban J connectivity index is 1.74. The lowest BCUT2D eigenvalue weighted by Gasteiger charge is -2.11. The highest BCUT2D eigenvalue weighted by atomic mass is 32.2. The third kappa shape index (κ3) is 3.35. The van der Waals surface area contributed by atoms with Crippen molar-refractivity contribution in [3.8, 4) is 5.75 Å². The molecule has 0 atom stereocenters. The molecule has 124 valence electrons. The molecule has 2 aromatic carbocycles. The summed E-state index contributed by atoms with van der Waals surface area (Å²) in [5, 5.41) is 11.2. The molecule has 3 rings (SSSR count). The van der Waals surface area contributed by atoms with E-state index in [1.807, 2.05) is 42.8 Å². The van der Waals surface area contributed by atoms with Gasteiger partial charge in [0, 0.05) is 7.05 Å². The summed E-state index contributed by atoms with van der Waals surface area (Å²) in [6.07, 6.45) is 0. The van der Waals surface area contributed by atoms with Gasteiger partial charge in [-0.15, -0.1) is 10.2 Å². The van der Waals surface area contributed by atoms with E-state index >= 15 is 0 Å². The highest BCUT2D eigenvalue weighted by Gasteiger charge is 2.12. The average molecular weight is 342 g/mol. The zero-order valence-electron chi connectivity index (χ0n) is 13.5. The van der Waals surface area contributed by atoms with Gasteiger partial charge < -0.3 is 15.0 Å². The third-order valence-electron chi connectivity index (χ3n) is 3.77. The molecule has 0 fully saturated rings. The monoisotopic (exact) mass is 342 g/mol. The van der Waals surface area contributed by atoms with Crippen molar-refractivity contribution in [3.05, 3.63) is 47.8 Å². The van der Waals surface area contributed by atoms with Gasteiger partial charge in [0.25, 0.3) is 0 Å². The molecule has 1 heterocycles. The number of ether oxygens (including phenoxy) is 1. The number of hydrogen-bond donors (Lipinski definition) is 1. The molecule has 0 saturated heterocycles. The maximum Gasteiger partial charge on any atom is 0.227 e. The number of carbonyl (C=O) groups excluding carboxylic acids is 1. The Labute approximate surface area is 144 Å². The van der Waals surface area contributed by atoms with Crippen LogP contribution in [0.15, 0.2) is 41.6 Å².